The molecule has 2 amide bonds. The molecule has 0 fully saturated rings. The third-order valence-electron chi connectivity index (χ3n) is 5.60. The second-order valence-electron chi connectivity index (χ2n) is 8.07. The number of hydrogen-bond donors (Lipinski definition) is 1. The number of carbonyl (C=O) groups excluding carboxylic acids is 2. The lowest BCUT2D eigenvalue weighted by Crippen LogP contribution is -2.50. The van der Waals surface area contributed by atoms with Gasteiger partial charge in [-0.3, -0.25) is 9.59 Å². The number of carbonyl (C=O) groups is 2. The highest BCUT2D eigenvalue weighted by atomic mass is 16.2. The van der Waals surface area contributed by atoms with Crippen molar-refractivity contribution in [2.45, 2.75) is 39.8 Å². The zero-order valence-corrected chi connectivity index (χ0v) is 18.6. The zero-order valence-electron chi connectivity index (χ0n) is 18.6. The number of nitrogens with zero attached hydrogens (tertiary/aromatic N) is 4. The van der Waals surface area contributed by atoms with Crippen LogP contribution in [0.3, 0.4) is 0 Å². The fraction of sp³-hybridized carbons (Fsp3) is 0.333. The van der Waals surface area contributed by atoms with E-state index in [1.165, 1.54) is 6.33 Å². The van der Waals surface area contributed by atoms with Gasteiger partial charge in [0.15, 0.2) is 0 Å². The van der Waals surface area contributed by atoms with Crippen LogP contribution in [0.4, 0.5) is 0 Å². The molecule has 0 spiro atoms. The molecule has 0 aliphatic rings. The van der Waals surface area contributed by atoms with E-state index in [2.05, 4.69) is 15.4 Å². The maximum atomic E-state index is 13.3. The molecule has 1 N–H and O–H groups in total. The van der Waals surface area contributed by atoms with Gasteiger partial charge in [0.1, 0.15) is 18.7 Å². The predicted molar refractivity (Wildman–Crippen MR) is 120 cm³/mol. The Bertz CT molecular complexity index is 1030. The smallest absolute Gasteiger partial charge is 0.252 e. The second kappa shape index (κ2) is 9.55. The average Bonchev–Trinajstić information content (AvgIpc) is 3.31. The molecular formula is C24H29N5O2. The van der Waals surface area contributed by atoms with Crippen molar-refractivity contribution >= 4 is 11.8 Å². The monoisotopic (exact) mass is 419 g/mol. The number of aryl methyl sites for hydroxylation is 1. The van der Waals surface area contributed by atoms with Crippen LogP contribution < -0.4 is 5.32 Å². The summed E-state index contributed by atoms with van der Waals surface area (Å²) in [5.74, 6) is -0.405. The van der Waals surface area contributed by atoms with Crippen molar-refractivity contribution in [3.63, 3.8) is 0 Å². The first-order valence-electron chi connectivity index (χ1n) is 10.4. The Labute approximate surface area is 183 Å². The summed E-state index contributed by atoms with van der Waals surface area (Å²) >= 11 is 0. The Kier molecular flexibility index (Phi) is 6.84. The maximum absolute atomic E-state index is 13.3. The van der Waals surface area contributed by atoms with E-state index in [9.17, 15) is 9.59 Å². The first-order chi connectivity index (χ1) is 14.8. The van der Waals surface area contributed by atoms with Gasteiger partial charge in [0.25, 0.3) is 5.91 Å². The third-order valence-corrected chi connectivity index (χ3v) is 5.60. The summed E-state index contributed by atoms with van der Waals surface area (Å²) in [5.41, 5.74) is 3.35. The molecule has 0 saturated carbocycles. The van der Waals surface area contributed by atoms with Gasteiger partial charge in [-0.2, -0.15) is 5.10 Å². The Hall–Kier alpha value is -3.48. The molecule has 7 nitrogen and oxygen atoms in total. The molecule has 3 rings (SSSR count). The molecule has 0 saturated heterocycles. The van der Waals surface area contributed by atoms with E-state index in [0.29, 0.717) is 5.56 Å². The largest absolute Gasteiger partial charge is 0.340 e. The van der Waals surface area contributed by atoms with Gasteiger partial charge in [-0.1, -0.05) is 44.2 Å². The standard InChI is InChI=1S/C24H29N5O2/c1-16(2)22(27-23(30)21-9-7-6-8-17(21)3)24(31)28(5)18(4)19-10-12-20(13-11-19)29-15-25-14-26-29/h6-16,18,22H,1-5H3,(H,27,30)/t18?,22-/m0/s1. The summed E-state index contributed by atoms with van der Waals surface area (Å²) in [7, 11) is 1.77. The summed E-state index contributed by atoms with van der Waals surface area (Å²) in [6, 6.07) is 14.4. The van der Waals surface area contributed by atoms with E-state index in [-0.39, 0.29) is 23.8 Å². The molecule has 7 heteroatoms. The number of nitrogens with one attached hydrogen (secondary N) is 1. The van der Waals surface area contributed by atoms with Gasteiger partial charge in [-0.05, 0) is 49.1 Å². The molecule has 1 heterocycles. The molecule has 2 aromatic carbocycles. The molecule has 162 valence electrons. The fourth-order valence-electron chi connectivity index (χ4n) is 3.44. The quantitative estimate of drug-likeness (QED) is 0.635. The summed E-state index contributed by atoms with van der Waals surface area (Å²) in [4.78, 5) is 31.7. The molecule has 2 atom stereocenters. The molecule has 3 aromatic rings. The van der Waals surface area contributed by atoms with Crippen LogP contribution >= 0.6 is 0 Å². The Morgan fingerprint density at radius 2 is 1.71 bits per heavy atom. The highest BCUT2D eigenvalue weighted by Crippen LogP contribution is 2.22. The van der Waals surface area contributed by atoms with Crippen molar-refractivity contribution in [3.8, 4) is 5.69 Å². The number of hydrogen-bond acceptors (Lipinski definition) is 4. The van der Waals surface area contributed by atoms with Gasteiger partial charge >= 0.3 is 0 Å². The van der Waals surface area contributed by atoms with Crippen LogP contribution in [0.2, 0.25) is 0 Å². The zero-order chi connectivity index (χ0) is 22.5. The second-order valence-corrected chi connectivity index (χ2v) is 8.07. The topological polar surface area (TPSA) is 80.1 Å². The normalized spacial score (nSPS) is 13.0. The van der Waals surface area contributed by atoms with Crippen LogP contribution in [0.25, 0.3) is 5.69 Å². The van der Waals surface area contributed by atoms with Crippen LogP contribution in [-0.2, 0) is 4.79 Å². The minimum Gasteiger partial charge on any atom is -0.340 e. The number of likely N-dealkylation sites (N-methyl/N-ethyl adjacent to an activating group) is 1. The lowest BCUT2D eigenvalue weighted by molar-refractivity contribution is -0.135. The van der Waals surface area contributed by atoms with Gasteiger partial charge in [-0.15, -0.1) is 0 Å². The average molecular weight is 420 g/mol. The molecule has 0 radical (unpaired) electrons. The molecule has 0 aliphatic heterocycles. The van der Waals surface area contributed by atoms with Crippen LogP contribution in [-0.4, -0.2) is 44.6 Å². The van der Waals surface area contributed by atoms with Gasteiger partial charge in [-0.25, -0.2) is 9.67 Å². The Morgan fingerprint density at radius 1 is 1.03 bits per heavy atom. The van der Waals surface area contributed by atoms with Crippen LogP contribution in [0.5, 0.6) is 0 Å². The molecule has 1 aromatic heterocycles. The van der Waals surface area contributed by atoms with Crippen molar-refractivity contribution in [2.75, 3.05) is 7.05 Å². The fourth-order valence-corrected chi connectivity index (χ4v) is 3.44. The first kappa shape index (κ1) is 22.2. The van der Waals surface area contributed by atoms with Crippen molar-refractivity contribution in [1.29, 1.82) is 0 Å². The highest BCUT2D eigenvalue weighted by molar-refractivity contribution is 5.98. The van der Waals surface area contributed by atoms with Crippen molar-refractivity contribution in [1.82, 2.24) is 25.0 Å². The molecule has 1 unspecified atom stereocenters. The Balaban J connectivity index is 1.73. The van der Waals surface area contributed by atoms with Crippen molar-refractivity contribution in [2.24, 2.45) is 5.92 Å². The summed E-state index contributed by atoms with van der Waals surface area (Å²) in [5, 5.41) is 7.07. The van der Waals surface area contributed by atoms with Crippen LogP contribution in [0.15, 0.2) is 61.2 Å². The molecule has 31 heavy (non-hydrogen) atoms. The highest BCUT2D eigenvalue weighted by Gasteiger charge is 2.30. The van der Waals surface area contributed by atoms with E-state index in [4.69, 9.17) is 0 Å². The van der Waals surface area contributed by atoms with Crippen molar-refractivity contribution in [3.05, 3.63) is 77.9 Å². The minimum atomic E-state index is -0.617. The minimum absolute atomic E-state index is 0.0511. The first-order valence-corrected chi connectivity index (χ1v) is 10.4. The van der Waals surface area contributed by atoms with Gasteiger partial charge in [0, 0.05) is 12.6 Å². The molecule has 0 aliphatic carbocycles. The summed E-state index contributed by atoms with van der Waals surface area (Å²) in [6.45, 7) is 7.74. The van der Waals surface area contributed by atoms with Gasteiger partial charge in [0.2, 0.25) is 5.91 Å². The lowest BCUT2D eigenvalue weighted by Gasteiger charge is -2.31. The molecule has 0 bridgehead atoms. The van der Waals surface area contributed by atoms with E-state index in [1.54, 1.807) is 29.0 Å². The summed E-state index contributed by atoms with van der Waals surface area (Å²) in [6.07, 6.45) is 3.12. The summed E-state index contributed by atoms with van der Waals surface area (Å²) < 4.78 is 1.68. The van der Waals surface area contributed by atoms with Gasteiger partial charge in [0.05, 0.1) is 11.7 Å². The number of benzene rings is 2. The van der Waals surface area contributed by atoms with Crippen LogP contribution in [0.1, 0.15) is 48.3 Å². The number of aromatic nitrogens is 3. The number of rotatable bonds is 7. The van der Waals surface area contributed by atoms with Gasteiger partial charge < -0.3 is 10.2 Å². The van der Waals surface area contributed by atoms with Crippen LogP contribution in [0, 0.1) is 12.8 Å². The van der Waals surface area contributed by atoms with E-state index >= 15 is 0 Å². The maximum Gasteiger partial charge on any atom is 0.252 e. The lowest BCUT2D eigenvalue weighted by atomic mass is 9.99. The SMILES string of the molecule is Cc1ccccc1C(=O)N[C@H](C(=O)N(C)C(C)c1ccc(-n2cncn2)cc1)C(C)C. The number of amides is 2. The van der Waals surface area contributed by atoms with Crippen molar-refractivity contribution < 1.29 is 9.59 Å². The Morgan fingerprint density at radius 3 is 2.29 bits per heavy atom. The predicted octanol–water partition coefficient (Wildman–Crippen LogP) is 3.55. The third kappa shape index (κ3) is 4.99. The van der Waals surface area contributed by atoms with E-state index in [0.717, 1.165) is 16.8 Å². The van der Waals surface area contributed by atoms with E-state index < -0.39 is 6.04 Å². The van der Waals surface area contributed by atoms with E-state index in [1.807, 2.05) is 70.2 Å². The molecular weight excluding hydrogens is 390 g/mol.